The Morgan fingerprint density at radius 2 is 2.35 bits per heavy atom. The third-order valence-corrected chi connectivity index (χ3v) is 3.38. The molecule has 0 aliphatic rings. The predicted octanol–water partition coefficient (Wildman–Crippen LogP) is 2.44. The summed E-state index contributed by atoms with van der Waals surface area (Å²) in [5, 5.41) is 13.9. The summed E-state index contributed by atoms with van der Waals surface area (Å²) in [6.45, 7) is 1.90. The zero-order chi connectivity index (χ0) is 14.4. The molecule has 0 radical (unpaired) electrons. The number of aromatic nitrogens is 1. The van der Waals surface area contributed by atoms with Crippen molar-refractivity contribution in [2.75, 3.05) is 11.9 Å². The molecular weight excluding hydrogens is 272 g/mol. The summed E-state index contributed by atoms with van der Waals surface area (Å²) in [4.78, 5) is 16.2. The highest BCUT2D eigenvalue weighted by Crippen LogP contribution is 2.16. The van der Waals surface area contributed by atoms with Gasteiger partial charge < -0.3 is 5.11 Å². The molecule has 0 saturated heterocycles. The largest absolute Gasteiger partial charge is 0.395 e. The van der Waals surface area contributed by atoms with E-state index in [4.69, 9.17) is 5.11 Å². The smallest absolute Gasteiger partial charge is 0.257 e. The number of amides is 1. The Hall–Kier alpha value is -2.16. The number of aliphatic hydroxyl groups excluding tert-OH is 1. The van der Waals surface area contributed by atoms with Crippen LogP contribution in [0.25, 0.3) is 0 Å². The van der Waals surface area contributed by atoms with E-state index in [0.717, 1.165) is 11.1 Å². The molecule has 2 rings (SSSR count). The van der Waals surface area contributed by atoms with Gasteiger partial charge in [0.15, 0.2) is 5.13 Å². The van der Waals surface area contributed by atoms with E-state index < -0.39 is 0 Å². The number of nitrogens with zero attached hydrogens (tertiary/aromatic N) is 1. The van der Waals surface area contributed by atoms with Crippen molar-refractivity contribution in [2.24, 2.45) is 0 Å². The van der Waals surface area contributed by atoms with Gasteiger partial charge in [0.05, 0.1) is 6.61 Å². The van der Waals surface area contributed by atoms with Crippen LogP contribution in [0, 0.1) is 18.8 Å². The van der Waals surface area contributed by atoms with Gasteiger partial charge in [-0.3, -0.25) is 10.1 Å². The van der Waals surface area contributed by atoms with Crippen LogP contribution in [0.1, 0.15) is 27.9 Å². The number of hydrogen-bond donors (Lipinski definition) is 2. The van der Waals surface area contributed by atoms with Crippen molar-refractivity contribution in [3.63, 3.8) is 0 Å². The zero-order valence-corrected chi connectivity index (χ0v) is 11.8. The Labute approximate surface area is 121 Å². The van der Waals surface area contributed by atoms with E-state index in [-0.39, 0.29) is 12.5 Å². The van der Waals surface area contributed by atoms with E-state index in [1.165, 1.54) is 11.3 Å². The van der Waals surface area contributed by atoms with Crippen LogP contribution in [0.2, 0.25) is 0 Å². The van der Waals surface area contributed by atoms with Crippen molar-refractivity contribution >= 4 is 22.4 Å². The van der Waals surface area contributed by atoms with E-state index >= 15 is 0 Å². The molecule has 20 heavy (non-hydrogen) atoms. The van der Waals surface area contributed by atoms with Crippen molar-refractivity contribution in [1.82, 2.24) is 4.98 Å². The monoisotopic (exact) mass is 286 g/mol. The Bertz CT molecular complexity index is 654. The standard InChI is InChI=1S/C15H14N2O2S/c1-11-12(5-2-3-9-18)6-4-7-13(11)14(19)17-15-16-8-10-20-15/h4,6-8,10,18H,3,9H2,1H3,(H,16,17,19). The van der Waals surface area contributed by atoms with Crippen LogP contribution in [-0.2, 0) is 0 Å². The minimum absolute atomic E-state index is 0.0380. The molecule has 102 valence electrons. The predicted molar refractivity (Wildman–Crippen MR) is 79.8 cm³/mol. The Morgan fingerprint density at radius 3 is 3.05 bits per heavy atom. The number of nitrogens with one attached hydrogen (secondary N) is 1. The quantitative estimate of drug-likeness (QED) is 0.852. The van der Waals surface area contributed by atoms with Gasteiger partial charge in [-0.1, -0.05) is 17.9 Å². The average Bonchev–Trinajstić information content (AvgIpc) is 2.93. The summed E-state index contributed by atoms with van der Waals surface area (Å²) >= 11 is 1.37. The molecular formula is C15H14N2O2S. The van der Waals surface area contributed by atoms with Gasteiger partial charge >= 0.3 is 0 Å². The summed E-state index contributed by atoms with van der Waals surface area (Å²) in [6, 6.07) is 5.42. The Balaban J connectivity index is 2.22. The molecule has 1 aromatic heterocycles. The molecule has 0 aliphatic heterocycles. The molecule has 2 N–H and O–H groups in total. The Morgan fingerprint density at radius 1 is 1.50 bits per heavy atom. The number of anilines is 1. The van der Waals surface area contributed by atoms with Gasteiger partial charge in [-0.25, -0.2) is 4.98 Å². The molecule has 1 heterocycles. The lowest BCUT2D eigenvalue weighted by atomic mass is 10.0. The van der Waals surface area contributed by atoms with Gasteiger partial charge in [-0.15, -0.1) is 11.3 Å². The van der Waals surface area contributed by atoms with Crippen LogP contribution < -0.4 is 5.32 Å². The first-order valence-corrected chi connectivity index (χ1v) is 7.00. The van der Waals surface area contributed by atoms with Crippen molar-refractivity contribution in [1.29, 1.82) is 0 Å². The molecule has 0 aliphatic carbocycles. The summed E-state index contributed by atoms with van der Waals surface area (Å²) in [6.07, 6.45) is 2.07. The Kier molecular flexibility index (Phi) is 4.88. The lowest BCUT2D eigenvalue weighted by Gasteiger charge is -2.07. The SMILES string of the molecule is Cc1c(C#CCCO)cccc1C(=O)Nc1nccs1. The van der Waals surface area contributed by atoms with Gasteiger partial charge in [0.1, 0.15) is 0 Å². The van der Waals surface area contributed by atoms with Crippen molar-refractivity contribution < 1.29 is 9.90 Å². The average molecular weight is 286 g/mol. The van der Waals surface area contributed by atoms with E-state index in [1.807, 2.05) is 13.0 Å². The third kappa shape index (κ3) is 3.44. The fourth-order valence-electron chi connectivity index (χ4n) is 1.68. The minimum Gasteiger partial charge on any atom is -0.395 e. The van der Waals surface area contributed by atoms with Crippen molar-refractivity contribution in [3.8, 4) is 11.8 Å². The van der Waals surface area contributed by atoms with Crippen LogP contribution in [0.5, 0.6) is 0 Å². The summed E-state index contributed by atoms with van der Waals surface area (Å²) < 4.78 is 0. The molecule has 1 aromatic carbocycles. The molecule has 1 amide bonds. The van der Waals surface area contributed by atoms with Gasteiger partial charge in [0.2, 0.25) is 0 Å². The molecule has 2 aromatic rings. The fraction of sp³-hybridized carbons (Fsp3) is 0.200. The lowest BCUT2D eigenvalue weighted by Crippen LogP contribution is -2.13. The fourth-order valence-corrected chi connectivity index (χ4v) is 2.20. The number of rotatable bonds is 3. The molecule has 0 bridgehead atoms. The van der Waals surface area contributed by atoms with E-state index in [0.29, 0.717) is 17.1 Å². The molecule has 0 spiro atoms. The van der Waals surface area contributed by atoms with Gasteiger partial charge in [-0.2, -0.15) is 0 Å². The molecule has 0 unspecified atom stereocenters. The first kappa shape index (κ1) is 14.3. The van der Waals surface area contributed by atoms with E-state index in [9.17, 15) is 4.79 Å². The number of thiazole rings is 1. The molecule has 0 saturated carbocycles. The molecule has 0 atom stereocenters. The van der Waals surface area contributed by atoms with Crippen molar-refractivity contribution in [2.45, 2.75) is 13.3 Å². The van der Waals surface area contributed by atoms with Crippen LogP contribution in [-0.4, -0.2) is 22.6 Å². The minimum atomic E-state index is -0.191. The first-order valence-electron chi connectivity index (χ1n) is 6.12. The number of benzene rings is 1. The number of carbonyl (C=O) groups excluding carboxylic acids is 1. The molecule has 0 fully saturated rings. The normalized spacial score (nSPS) is 9.70. The summed E-state index contributed by atoms with van der Waals surface area (Å²) in [5.41, 5.74) is 2.20. The van der Waals surface area contributed by atoms with Crippen LogP contribution in [0.15, 0.2) is 29.8 Å². The second kappa shape index (κ2) is 6.85. The highest BCUT2D eigenvalue weighted by molar-refractivity contribution is 7.13. The van der Waals surface area contributed by atoms with Gasteiger partial charge in [-0.05, 0) is 24.6 Å². The second-order valence-electron chi connectivity index (χ2n) is 4.04. The highest BCUT2D eigenvalue weighted by Gasteiger charge is 2.11. The second-order valence-corrected chi connectivity index (χ2v) is 4.94. The zero-order valence-electron chi connectivity index (χ0n) is 11.0. The first-order chi connectivity index (χ1) is 9.72. The maximum absolute atomic E-state index is 12.2. The number of aliphatic hydroxyl groups is 1. The molecule has 4 nitrogen and oxygen atoms in total. The third-order valence-electron chi connectivity index (χ3n) is 2.69. The maximum atomic E-state index is 12.2. The number of hydrogen-bond acceptors (Lipinski definition) is 4. The summed E-state index contributed by atoms with van der Waals surface area (Å²) in [7, 11) is 0. The van der Waals surface area contributed by atoms with E-state index in [1.54, 1.807) is 23.7 Å². The number of carbonyl (C=O) groups is 1. The topological polar surface area (TPSA) is 62.2 Å². The van der Waals surface area contributed by atoms with Crippen LogP contribution in [0.4, 0.5) is 5.13 Å². The lowest BCUT2D eigenvalue weighted by molar-refractivity contribution is 0.102. The van der Waals surface area contributed by atoms with Crippen LogP contribution in [0.3, 0.4) is 0 Å². The van der Waals surface area contributed by atoms with Crippen molar-refractivity contribution in [3.05, 3.63) is 46.5 Å². The maximum Gasteiger partial charge on any atom is 0.257 e. The van der Waals surface area contributed by atoms with Gasteiger partial charge in [0, 0.05) is 29.1 Å². The van der Waals surface area contributed by atoms with Crippen LogP contribution >= 0.6 is 11.3 Å². The van der Waals surface area contributed by atoms with E-state index in [2.05, 4.69) is 22.1 Å². The summed E-state index contributed by atoms with van der Waals surface area (Å²) in [5.74, 6) is 5.64. The molecule has 5 heteroatoms. The highest BCUT2D eigenvalue weighted by atomic mass is 32.1. The van der Waals surface area contributed by atoms with Gasteiger partial charge in [0.25, 0.3) is 5.91 Å².